The van der Waals surface area contributed by atoms with Gasteiger partial charge in [0.05, 0.1) is 6.54 Å². The van der Waals surface area contributed by atoms with Crippen LogP contribution in [-0.2, 0) is 19.6 Å². The van der Waals surface area contributed by atoms with E-state index in [0.29, 0.717) is 35.6 Å². The molecule has 2 aromatic carbocycles. The number of halogens is 2. The summed E-state index contributed by atoms with van der Waals surface area (Å²) in [6, 6.07) is 15.7. The van der Waals surface area contributed by atoms with E-state index in [-0.39, 0.29) is 17.6 Å². The SMILES string of the molecule is CC[C@H](C)NC(=O)c1coc(CN(Cc2ccccc2)Cc2ccc(Cl)cc2Cl)n1. The maximum atomic E-state index is 12.3. The zero-order valence-electron chi connectivity index (χ0n) is 17.1. The second-order valence-electron chi connectivity index (χ2n) is 7.28. The maximum Gasteiger partial charge on any atom is 0.273 e. The van der Waals surface area contributed by atoms with Crippen LogP contribution >= 0.6 is 23.2 Å². The van der Waals surface area contributed by atoms with Crippen molar-refractivity contribution in [1.82, 2.24) is 15.2 Å². The molecule has 5 nitrogen and oxygen atoms in total. The standard InChI is InChI=1S/C23H25Cl2N3O2/c1-3-16(2)26-23(29)21-15-30-22(27-21)14-28(12-17-7-5-4-6-8-17)13-18-9-10-19(24)11-20(18)25/h4-11,15-16H,3,12-14H2,1-2H3,(H,26,29)/t16-/m0/s1. The molecular weight excluding hydrogens is 421 g/mol. The molecule has 1 N–H and O–H groups in total. The van der Waals surface area contributed by atoms with E-state index in [1.165, 1.54) is 6.26 Å². The van der Waals surface area contributed by atoms with Gasteiger partial charge in [-0.25, -0.2) is 4.98 Å². The third kappa shape index (κ3) is 6.33. The molecule has 30 heavy (non-hydrogen) atoms. The minimum atomic E-state index is -0.227. The number of hydrogen-bond acceptors (Lipinski definition) is 4. The lowest BCUT2D eigenvalue weighted by molar-refractivity contribution is 0.0934. The van der Waals surface area contributed by atoms with Crippen molar-refractivity contribution >= 4 is 29.1 Å². The molecule has 1 heterocycles. The van der Waals surface area contributed by atoms with Crippen molar-refractivity contribution in [2.75, 3.05) is 0 Å². The molecule has 0 unspecified atom stereocenters. The monoisotopic (exact) mass is 445 g/mol. The molecule has 7 heteroatoms. The van der Waals surface area contributed by atoms with Crippen LogP contribution in [0.2, 0.25) is 10.0 Å². The highest BCUT2D eigenvalue weighted by atomic mass is 35.5. The van der Waals surface area contributed by atoms with Gasteiger partial charge in [-0.1, -0.05) is 66.5 Å². The largest absolute Gasteiger partial charge is 0.447 e. The Morgan fingerprint density at radius 3 is 2.60 bits per heavy atom. The molecule has 1 atom stereocenters. The summed E-state index contributed by atoms with van der Waals surface area (Å²) < 4.78 is 5.59. The van der Waals surface area contributed by atoms with Crippen LogP contribution in [0.4, 0.5) is 0 Å². The summed E-state index contributed by atoms with van der Waals surface area (Å²) in [4.78, 5) is 18.8. The van der Waals surface area contributed by atoms with E-state index in [1.807, 2.05) is 44.2 Å². The van der Waals surface area contributed by atoms with Crippen LogP contribution in [-0.4, -0.2) is 21.8 Å². The van der Waals surface area contributed by atoms with Crippen molar-refractivity contribution in [2.45, 2.75) is 45.9 Å². The van der Waals surface area contributed by atoms with Crippen LogP contribution in [0.25, 0.3) is 0 Å². The summed E-state index contributed by atoms with van der Waals surface area (Å²) in [6.45, 7) is 5.67. The molecule has 1 aromatic heterocycles. The molecule has 0 spiro atoms. The molecule has 0 fully saturated rings. The molecular formula is C23H25Cl2N3O2. The Hall–Kier alpha value is -2.34. The van der Waals surface area contributed by atoms with E-state index >= 15 is 0 Å². The summed E-state index contributed by atoms with van der Waals surface area (Å²) in [5.74, 6) is 0.250. The van der Waals surface area contributed by atoms with Gasteiger partial charge in [-0.2, -0.15) is 0 Å². The van der Waals surface area contributed by atoms with Crippen LogP contribution in [0.1, 0.15) is 47.8 Å². The molecule has 158 valence electrons. The minimum absolute atomic E-state index is 0.0827. The van der Waals surface area contributed by atoms with Gasteiger partial charge in [-0.15, -0.1) is 0 Å². The van der Waals surface area contributed by atoms with E-state index in [2.05, 4.69) is 27.3 Å². The first kappa shape index (κ1) is 22.3. The van der Waals surface area contributed by atoms with E-state index < -0.39 is 0 Å². The van der Waals surface area contributed by atoms with E-state index in [4.69, 9.17) is 27.6 Å². The molecule has 1 amide bonds. The highest BCUT2D eigenvalue weighted by Gasteiger charge is 2.17. The zero-order chi connectivity index (χ0) is 21.5. The Balaban J connectivity index is 1.76. The molecule has 0 saturated heterocycles. The Kier molecular flexibility index (Phi) is 7.91. The normalized spacial score (nSPS) is 12.2. The van der Waals surface area contributed by atoms with Crippen molar-refractivity contribution in [3.8, 4) is 0 Å². The fraction of sp³-hybridized carbons (Fsp3) is 0.304. The number of oxazole rings is 1. The summed E-state index contributed by atoms with van der Waals surface area (Å²) in [5.41, 5.74) is 2.40. The highest BCUT2D eigenvalue weighted by molar-refractivity contribution is 6.35. The van der Waals surface area contributed by atoms with Gasteiger partial charge in [-0.05, 0) is 36.6 Å². The predicted molar refractivity (Wildman–Crippen MR) is 120 cm³/mol. The van der Waals surface area contributed by atoms with Gasteiger partial charge in [-0.3, -0.25) is 9.69 Å². The highest BCUT2D eigenvalue weighted by Crippen LogP contribution is 2.24. The third-order valence-electron chi connectivity index (χ3n) is 4.79. The van der Waals surface area contributed by atoms with Gasteiger partial charge in [0.15, 0.2) is 5.69 Å². The molecule has 0 aliphatic carbocycles. The van der Waals surface area contributed by atoms with Crippen LogP contribution in [0, 0.1) is 0 Å². The van der Waals surface area contributed by atoms with Crippen molar-refractivity contribution in [3.05, 3.63) is 87.6 Å². The molecule has 0 saturated carbocycles. The fourth-order valence-corrected chi connectivity index (χ4v) is 3.45. The zero-order valence-corrected chi connectivity index (χ0v) is 18.6. The summed E-state index contributed by atoms with van der Waals surface area (Å²) >= 11 is 12.4. The Morgan fingerprint density at radius 1 is 1.13 bits per heavy atom. The quantitative estimate of drug-likeness (QED) is 0.457. The number of nitrogens with one attached hydrogen (secondary N) is 1. The number of rotatable bonds is 9. The molecule has 0 aliphatic rings. The van der Waals surface area contributed by atoms with Crippen LogP contribution in [0.15, 0.2) is 59.2 Å². The molecule has 3 rings (SSSR count). The lowest BCUT2D eigenvalue weighted by atomic mass is 10.1. The predicted octanol–water partition coefficient (Wildman–Crippen LogP) is 5.71. The molecule has 0 radical (unpaired) electrons. The average molecular weight is 446 g/mol. The molecule has 0 aliphatic heterocycles. The first-order valence-corrected chi connectivity index (χ1v) is 10.7. The summed E-state index contributed by atoms with van der Waals surface area (Å²) in [6.07, 6.45) is 2.26. The Labute approximate surface area is 187 Å². The Morgan fingerprint density at radius 2 is 1.90 bits per heavy atom. The van der Waals surface area contributed by atoms with Gasteiger partial charge in [0.1, 0.15) is 6.26 Å². The van der Waals surface area contributed by atoms with E-state index in [1.54, 1.807) is 6.07 Å². The first-order valence-electron chi connectivity index (χ1n) is 9.90. The molecule has 0 bridgehead atoms. The van der Waals surface area contributed by atoms with Crippen LogP contribution in [0.5, 0.6) is 0 Å². The number of benzene rings is 2. The van der Waals surface area contributed by atoms with Gasteiger partial charge in [0, 0.05) is 29.2 Å². The van der Waals surface area contributed by atoms with Crippen molar-refractivity contribution in [2.24, 2.45) is 0 Å². The lowest BCUT2D eigenvalue weighted by Crippen LogP contribution is -2.32. The average Bonchev–Trinajstić information content (AvgIpc) is 3.19. The summed E-state index contributed by atoms with van der Waals surface area (Å²) in [5, 5.41) is 4.11. The van der Waals surface area contributed by atoms with Crippen molar-refractivity contribution in [1.29, 1.82) is 0 Å². The van der Waals surface area contributed by atoms with Gasteiger partial charge >= 0.3 is 0 Å². The van der Waals surface area contributed by atoms with E-state index in [0.717, 1.165) is 17.5 Å². The first-order chi connectivity index (χ1) is 14.4. The number of carbonyl (C=O) groups is 1. The summed E-state index contributed by atoms with van der Waals surface area (Å²) in [7, 11) is 0. The van der Waals surface area contributed by atoms with Crippen molar-refractivity contribution in [3.63, 3.8) is 0 Å². The number of amides is 1. The number of nitrogens with zero attached hydrogens (tertiary/aromatic N) is 2. The van der Waals surface area contributed by atoms with Gasteiger partial charge < -0.3 is 9.73 Å². The topological polar surface area (TPSA) is 58.4 Å². The third-order valence-corrected chi connectivity index (χ3v) is 5.38. The fourth-order valence-electron chi connectivity index (χ4n) is 2.98. The Bertz CT molecular complexity index is 976. The lowest BCUT2D eigenvalue weighted by Gasteiger charge is -2.21. The molecule has 3 aromatic rings. The van der Waals surface area contributed by atoms with Gasteiger partial charge in [0.2, 0.25) is 5.89 Å². The van der Waals surface area contributed by atoms with Crippen LogP contribution in [0.3, 0.4) is 0 Å². The second-order valence-corrected chi connectivity index (χ2v) is 8.12. The maximum absolute atomic E-state index is 12.3. The number of aromatic nitrogens is 1. The van der Waals surface area contributed by atoms with E-state index in [9.17, 15) is 4.79 Å². The number of hydrogen-bond donors (Lipinski definition) is 1. The minimum Gasteiger partial charge on any atom is -0.447 e. The number of carbonyl (C=O) groups excluding carboxylic acids is 1. The van der Waals surface area contributed by atoms with Gasteiger partial charge in [0.25, 0.3) is 5.91 Å². The van der Waals surface area contributed by atoms with Crippen molar-refractivity contribution < 1.29 is 9.21 Å². The smallest absolute Gasteiger partial charge is 0.273 e. The second kappa shape index (κ2) is 10.6. The van der Waals surface area contributed by atoms with Crippen LogP contribution < -0.4 is 5.32 Å².